The van der Waals surface area contributed by atoms with Gasteiger partial charge in [0, 0.05) is 13.1 Å². The van der Waals surface area contributed by atoms with Crippen LogP contribution in [0.5, 0.6) is 0 Å². The van der Waals surface area contributed by atoms with E-state index in [1.165, 1.54) is 18.2 Å². The fourth-order valence-electron chi connectivity index (χ4n) is 4.07. The Kier molecular flexibility index (Phi) is 4.59. The molecule has 2 aromatic rings. The molecule has 1 aromatic carbocycles. The van der Waals surface area contributed by atoms with Crippen molar-refractivity contribution in [3.05, 3.63) is 34.9 Å². The molecule has 0 saturated heterocycles. The number of methoxy groups -OCH3 is 1. The van der Waals surface area contributed by atoms with Gasteiger partial charge in [-0.3, -0.25) is 0 Å². The molecule has 0 amide bonds. The molecular formula is C19H25N5O3. The number of carbonyl (C=O) groups is 1. The van der Waals surface area contributed by atoms with Crippen LogP contribution in [-0.4, -0.2) is 50.5 Å². The van der Waals surface area contributed by atoms with E-state index in [1.54, 1.807) is 6.07 Å². The summed E-state index contributed by atoms with van der Waals surface area (Å²) in [7, 11) is 1.40. The smallest absolute Gasteiger partial charge is 0.337 e. The quantitative estimate of drug-likeness (QED) is 0.824. The van der Waals surface area contributed by atoms with Crippen LogP contribution in [0, 0.1) is 0 Å². The largest absolute Gasteiger partial charge is 0.465 e. The lowest BCUT2D eigenvalue weighted by Crippen LogP contribution is -2.36. The molecule has 8 heteroatoms. The van der Waals surface area contributed by atoms with E-state index < -0.39 is 5.60 Å². The van der Waals surface area contributed by atoms with E-state index in [1.807, 2.05) is 23.7 Å². The number of aromatic nitrogens is 4. The second-order valence-corrected chi connectivity index (χ2v) is 7.80. The minimum Gasteiger partial charge on any atom is -0.465 e. The number of aliphatic hydroxyl groups is 1. The number of fused-ring (bicyclic) bond motifs is 1. The zero-order valence-electron chi connectivity index (χ0n) is 15.8. The van der Waals surface area contributed by atoms with Crippen molar-refractivity contribution in [1.29, 1.82) is 0 Å². The molecular weight excluding hydrogens is 346 g/mol. The number of tetrazole rings is 1. The van der Waals surface area contributed by atoms with E-state index in [-0.39, 0.29) is 12.0 Å². The monoisotopic (exact) mass is 371 g/mol. The lowest BCUT2D eigenvalue weighted by Gasteiger charge is -2.35. The summed E-state index contributed by atoms with van der Waals surface area (Å²) in [6.45, 7) is 3.40. The highest BCUT2D eigenvalue weighted by Crippen LogP contribution is 2.36. The predicted molar refractivity (Wildman–Crippen MR) is 98.5 cm³/mol. The maximum absolute atomic E-state index is 11.7. The molecule has 1 fully saturated rings. The van der Waals surface area contributed by atoms with Crippen molar-refractivity contribution in [2.24, 2.45) is 0 Å². The summed E-state index contributed by atoms with van der Waals surface area (Å²) in [5.41, 5.74) is 2.35. The first kappa shape index (κ1) is 17.9. The number of hydrogen-bond acceptors (Lipinski definition) is 7. The molecule has 0 unspecified atom stereocenters. The fraction of sp³-hybridized carbons (Fsp3) is 0.579. The van der Waals surface area contributed by atoms with Gasteiger partial charge in [-0.25, -0.2) is 9.48 Å². The molecule has 0 bridgehead atoms. The number of esters is 1. The van der Waals surface area contributed by atoms with Crippen LogP contribution in [0.4, 0.5) is 5.95 Å². The highest BCUT2D eigenvalue weighted by molar-refractivity contribution is 5.89. The first-order valence-corrected chi connectivity index (χ1v) is 9.42. The summed E-state index contributed by atoms with van der Waals surface area (Å²) in [4.78, 5) is 13.9. The molecule has 8 nitrogen and oxygen atoms in total. The summed E-state index contributed by atoms with van der Waals surface area (Å²) >= 11 is 0. The van der Waals surface area contributed by atoms with Gasteiger partial charge in [0.25, 0.3) is 0 Å². The van der Waals surface area contributed by atoms with Crippen LogP contribution in [0.25, 0.3) is 0 Å². The van der Waals surface area contributed by atoms with Gasteiger partial charge in [-0.1, -0.05) is 11.2 Å². The molecule has 0 atom stereocenters. The minimum atomic E-state index is -0.577. The Morgan fingerprint density at radius 1 is 1.30 bits per heavy atom. The molecule has 1 aliphatic carbocycles. The van der Waals surface area contributed by atoms with Crippen LogP contribution in [0.3, 0.4) is 0 Å². The van der Waals surface area contributed by atoms with E-state index in [0.29, 0.717) is 12.1 Å². The van der Waals surface area contributed by atoms with E-state index in [4.69, 9.17) is 4.74 Å². The zero-order valence-corrected chi connectivity index (χ0v) is 15.8. The highest BCUT2D eigenvalue weighted by atomic mass is 16.5. The van der Waals surface area contributed by atoms with E-state index in [2.05, 4.69) is 20.4 Å². The Hall–Kier alpha value is -2.48. The molecule has 144 valence electrons. The zero-order chi connectivity index (χ0) is 19.0. The summed E-state index contributed by atoms with van der Waals surface area (Å²) in [6.07, 6.45) is 4.09. The fourth-order valence-corrected chi connectivity index (χ4v) is 4.07. The Bertz CT molecular complexity index is 838. The predicted octanol–water partition coefficient (Wildman–Crippen LogP) is 1.89. The molecule has 2 heterocycles. The van der Waals surface area contributed by atoms with E-state index in [9.17, 15) is 9.90 Å². The van der Waals surface area contributed by atoms with Gasteiger partial charge in [0.15, 0.2) is 0 Å². The van der Waals surface area contributed by atoms with Crippen molar-refractivity contribution < 1.29 is 14.6 Å². The number of carbonyl (C=O) groups excluding carboxylic acids is 1. The van der Waals surface area contributed by atoms with Gasteiger partial charge in [-0.15, -0.1) is 0 Å². The lowest BCUT2D eigenvalue weighted by atomic mass is 9.84. The van der Waals surface area contributed by atoms with Crippen molar-refractivity contribution in [2.45, 2.75) is 57.2 Å². The van der Waals surface area contributed by atoms with E-state index in [0.717, 1.165) is 44.6 Å². The van der Waals surface area contributed by atoms with Gasteiger partial charge in [-0.05, 0) is 72.7 Å². The molecule has 27 heavy (non-hydrogen) atoms. The van der Waals surface area contributed by atoms with Gasteiger partial charge < -0.3 is 14.7 Å². The molecule has 1 saturated carbocycles. The van der Waals surface area contributed by atoms with Crippen LogP contribution < -0.4 is 4.90 Å². The van der Waals surface area contributed by atoms with Crippen molar-refractivity contribution in [2.75, 3.05) is 18.6 Å². The van der Waals surface area contributed by atoms with Crippen LogP contribution in [-0.2, 0) is 17.7 Å². The van der Waals surface area contributed by atoms with Crippen molar-refractivity contribution in [3.63, 3.8) is 0 Å². The van der Waals surface area contributed by atoms with Gasteiger partial charge in [-0.2, -0.15) is 0 Å². The van der Waals surface area contributed by atoms with Gasteiger partial charge in [0.05, 0.1) is 24.3 Å². The Morgan fingerprint density at radius 3 is 2.81 bits per heavy atom. The van der Waals surface area contributed by atoms with Crippen molar-refractivity contribution in [3.8, 4) is 0 Å². The molecule has 1 aliphatic heterocycles. The lowest BCUT2D eigenvalue weighted by molar-refractivity contribution is 0.00842. The second-order valence-electron chi connectivity index (χ2n) is 7.80. The van der Waals surface area contributed by atoms with Crippen LogP contribution in [0.2, 0.25) is 0 Å². The van der Waals surface area contributed by atoms with Crippen LogP contribution in [0.1, 0.15) is 60.1 Å². The third-order valence-corrected chi connectivity index (χ3v) is 5.78. The SMILES string of the molecule is COC(=O)c1ccc2c(c1)CCN(c1nnnn1C1CCC(C)(O)CC1)C2. The molecule has 4 rings (SSSR count). The molecule has 1 N–H and O–H groups in total. The molecule has 0 radical (unpaired) electrons. The number of benzene rings is 1. The van der Waals surface area contributed by atoms with E-state index >= 15 is 0 Å². The summed E-state index contributed by atoms with van der Waals surface area (Å²) in [5, 5.41) is 22.6. The Balaban J connectivity index is 1.52. The highest BCUT2D eigenvalue weighted by Gasteiger charge is 2.32. The number of nitrogens with zero attached hydrogens (tertiary/aromatic N) is 5. The second kappa shape index (κ2) is 6.92. The Labute approximate surface area is 158 Å². The van der Waals surface area contributed by atoms with Crippen LogP contribution in [0.15, 0.2) is 18.2 Å². The summed E-state index contributed by atoms with van der Waals surface area (Å²) in [6, 6.07) is 5.93. The summed E-state index contributed by atoms with van der Waals surface area (Å²) in [5.74, 6) is 0.474. The number of ether oxygens (including phenoxy) is 1. The molecule has 0 spiro atoms. The van der Waals surface area contributed by atoms with Crippen LogP contribution >= 0.6 is 0 Å². The standard InChI is InChI=1S/C19H25N5O3/c1-19(26)8-5-16(6-9-19)24-18(20-21-22-24)23-10-7-13-11-14(17(25)27-2)3-4-15(13)12-23/h3-4,11,16,26H,5-10,12H2,1-2H3. The number of hydrogen-bond donors (Lipinski definition) is 1. The number of rotatable bonds is 3. The minimum absolute atomic E-state index is 0.221. The third-order valence-electron chi connectivity index (χ3n) is 5.78. The van der Waals surface area contributed by atoms with Crippen molar-refractivity contribution >= 4 is 11.9 Å². The molecule has 1 aromatic heterocycles. The first-order valence-electron chi connectivity index (χ1n) is 9.42. The average Bonchev–Trinajstić information content (AvgIpc) is 3.16. The first-order chi connectivity index (χ1) is 13.0. The van der Waals surface area contributed by atoms with Crippen molar-refractivity contribution in [1.82, 2.24) is 20.2 Å². The average molecular weight is 371 g/mol. The maximum atomic E-state index is 11.7. The van der Waals surface area contributed by atoms with Gasteiger partial charge in [0.2, 0.25) is 5.95 Å². The maximum Gasteiger partial charge on any atom is 0.337 e. The topological polar surface area (TPSA) is 93.4 Å². The summed E-state index contributed by atoms with van der Waals surface area (Å²) < 4.78 is 6.73. The molecule has 2 aliphatic rings. The number of anilines is 1. The third kappa shape index (κ3) is 3.53. The van der Waals surface area contributed by atoms with Gasteiger partial charge >= 0.3 is 5.97 Å². The Morgan fingerprint density at radius 2 is 2.07 bits per heavy atom. The van der Waals surface area contributed by atoms with Gasteiger partial charge in [0.1, 0.15) is 0 Å². The normalized spacial score (nSPS) is 25.1.